The van der Waals surface area contributed by atoms with Crippen molar-refractivity contribution >= 4 is 54.6 Å². The molecule has 0 N–H and O–H groups in total. The molecule has 32 heteroatoms. The first kappa shape index (κ1) is 71.5. The molecule has 0 aliphatic rings. The van der Waals surface area contributed by atoms with Gasteiger partial charge in [-0.3, -0.25) is 0 Å². The molecule has 0 aliphatic heterocycles. The van der Waals surface area contributed by atoms with Crippen molar-refractivity contribution in [3.63, 3.8) is 0 Å². The Morgan fingerprint density at radius 3 is 0.250 bits per heavy atom. The molecule has 0 amide bonds. The predicted octanol–water partition coefficient (Wildman–Crippen LogP) is -18.3. The largest absolute Gasteiger partial charge is 2.00 e. The average Bonchev–Trinajstić information content (AvgIpc) is 2.20. The minimum atomic E-state index is -4.08. The van der Waals surface area contributed by atoms with Crippen LogP contribution in [0, 0.1) is 0 Å². The van der Waals surface area contributed by atoms with Crippen molar-refractivity contribution in [3.8, 4) is 0 Å². The molecule has 0 saturated heterocycles. The zero-order chi connectivity index (χ0) is 25.0. The van der Waals surface area contributed by atoms with Crippen LogP contribution in [0.5, 0.6) is 0 Å². The molecule has 0 aliphatic carbocycles. The van der Waals surface area contributed by atoms with Crippen molar-refractivity contribution in [2.24, 2.45) is 0 Å². The molecule has 0 aromatic heterocycles. The standard InChI is InChI=1S/2Nb.21O.2Pb.7Ti/q2*+5;;;;;;;;14*-1;2*+2;;;;;;;. The number of hydrogen-bond acceptors (Lipinski definition) is 21. The Labute approximate surface area is 298 Å². The summed E-state index contributed by atoms with van der Waals surface area (Å²) in [6.45, 7) is 0. The van der Waals surface area contributed by atoms with Crippen LogP contribution in [0.1, 0.15) is 0 Å². The second-order valence-electron chi connectivity index (χ2n) is 1.75. The Balaban J connectivity index is -0.0000000175. The number of hydrogen-bond donors (Lipinski definition) is 0. The van der Waals surface area contributed by atoms with E-state index in [1.807, 2.05) is 0 Å². The molecule has 0 saturated carbocycles. The molecule has 21 nitrogen and oxygen atoms in total. The van der Waals surface area contributed by atoms with E-state index in [0.29, 0.717) is 0 Å². The molecule has 0 unspecified atom stereocenters. The van der Waals surface area contributed by atoms with E-state index in [-0.39, 0.29) is 99.4 Å². The summed E-state index contributed by atoms with van der Waals surface area (Å²) in [6, 6.07) is 0. The minimum Gasteiger partial charge on any atom is 2.00 e. The zero-order valence-corrected chi connectivity index (χ0v) is 37.1. The minimum absolute atomic E-state index is 0. The van der Waals surface area contributed by atoms with Crippen LogP contribution in [-0.2, 0) is 198 Å². The van der Waals surface area contributed by atoms with Crippen LogP contribution in [0.2, 0.25) is 0 Å². The van der Waals surface area contributed by atoms with E-state index in [1.165, 1.54) is 0 Å². The van der Waals surface area contributed by atoms with Crippen LogP contribution >= 0.6 is 0 Å². The first-order valence-electron chi connectivity index (χ1n) is 4.29. The summed E-state index contributed by atoms with van der Waals surface area (Å²) in [5.41, 5.74) is 0. The maximum Gasteiger partial charge on any atom is 2.00 e. The fraction of sp³-hybridized carbons (Fsp3) is 0. The van der Waals surface area contributed by atoms with Crippen LogP contribution in [0.15, 0.2) is 0 Å². The Morgan fingerprint density at radius 1 is 0.250 bits per heavy atom. The van der Waals surface area contributed by atoms with Crippen LogP contribution in [-0.4, -0.2) is 54.6 Å². The van der Waals surface area contributed by atoms with Crippen molar-refractivity contribution in [1.29, 1.82) is 0 Å². The van der Waals surface area contributed by atoms with E-state index in [4.69, 9.17) is 74.9 Å². The van der Waals surface area contributed by atoms with E-state index in [0.717, 1.165) is 0 Å². The molecule has 0 rings (SSSR count). The summed E-state index contributed by atoms with van der Waals surface area (Å²) in [7, 11) is 0. The van der Waals surface area contributed by atoms with Crippen molar-refractivity contribution in [2.45, 2.75) is 0 Å². The third kappa shape index (κ3) is 1120. The molecule has 0 heterocycles. The van der Waals surface area contributed by atoms with Gasteiger partial charge in [-0.05, 0) is 0 Å². The second kappa shape index (κ2) is 66.0. The molecular weight excluding hydrogens is 1270 g/mol. The molecule has 0 bridgehead atoms. The second-order valence-corrected chi connectivity index (χ2v) is 7.22. The van der Waals surface area contributed by atoms with Crippen LogP contribution in [0.25, 0.3) is 0 Å². The molecule has 0 fully saturated rings. The first-order chi connectivity index (χ1) is 12.1. The Kier molecular flexibility index (Phi) is 147. The predicted molar refractivity (Wildman–Crippen MR) is 16.3 cm³/mol. The van der Waals surface area contributed by atoms with Gasteiger partial charge in [0.15, 0.2) is 0 Å². The van der Waals surface area contributed by atoms with Crippen molar-refractivity contribution in [3.05, 3.63) is 0 Å². The molecule has 172 valence electrons. The monoisotopic (exact) mass is 1270 g/mol. The molecule has 0 atom stereocenters. The molecule has 32 heavy (non-hydrogen) atoms. The van der Waals surface area contributed by atoms with Crippen LogP contribution < -0.4 is 51.6 Å². The summed E-state index contributed by atoms with van der Waals surface area (Å²) < 4.78 is 180. The average molecular weight is 1270 g/mol. The molecule has 0 spiro atoms. The van der Waals surface area contributed by atoms with Crippen molar-refractivity contribution in [1.82, 2.24) is 0 Å². The maximum atomic E-state index is 8.58. The van der Waals surface area contributed by atoms with Crippen molar-refractivity contribution < 1.29 is 250 Å². The van der Waals surface area contributed by atoms with E-state index in [1.54, 1.807) is 0 Å². The van der Waals surface area contributed by atoms with Gasteiger partial charge in [-0.2, -0.15) is 0 Å². The third-order valence-electron chi connectivity index (χ3n) is 0. The Hall–Kier alpha value is 6.36. The smallest absolute Gasteiger partial charge is 2.00 e. The van der Waals surface area contributed by atoms with E-state index < -0.39 is 130 Å². The SMILES string of the molecule is [Nb+5].[Nb+5].[O]=[Ti]([O-])[O-].[O]=[Ti]([O-])[O-].[O]=[Ti]([O-])[O-].[O]=[Ti]([O-])[O-].[O]=[Ti]([O-])[O-].[O]=[Ti]([O-])[O-].[O]=[Ti]([O-])[O-].[Pb+2].[Pb+2]. The van der Waals surface area contributed by atoms with Gasteiger partial charge in [-0.1, -0.05) is 0 Å². The van der Waals surface area contributed by atoms with Gasteiger partial charge in [-0.15, -0.1) is 0 Å². The van der Waals surface area contributed by atoms with E-state index in [9.17, 15) is 0 Å². The number of rotatable bonds is 0. The fourth-order valence-corrected chi connectivity index (χ4v) is 0. The summed E-state index contributed by atoms with van der Waals surface area (Å²) >= 11 is -28.6. The van der Waals surface area contributed by atoms with E-state index >= 15 is 0 Å². The fourth-order valence-electron chi connectivity index (χ4n) is 0. The normalized spacial score (nSPS) is 5.69. The summed E-state index contributed by atoms with van der Waals surface area (Å²) in [5, 5.41) is 0. The molecule has 4 radical (unpaired) electrons. The van der Waals surface area contributed by atoms with Gasteiger partial charge < -0.3 is 0 Å². The molecule has 0 aromatic rings. The Bertz CT molecular complexity index is 323. The zero-order valence-electron chi connectivity index (χ0n) is 14.0. The van der Waals surface area contributed by atoms with Gasteiger partial charge in [-0.25, -0.2) is 0 Å². The first-order valence-corrected chi connectivity index (χ1v) is 17.7. The molecule has 0 aromatic carbocycles. The van der Waals surface area contributed by atoms with Gasteiger partial charge in [0.25, 0.3) is 0 Å². The summed E-state index contributed by atoms with van der Waals surface area (Å²) in [4.78, 5) is 0. The van der Waals surface area contributed by atoms with Gasteiger partial charge >= 0.3 is 305 Å². The van der Waals surface area contributed by atoms with Gasteiger partial charge in [0.05, 0.1) is 0 Å². The van der Waals surface area contributed by atoms with Gasteiger partial charge in [0, 0.05) is 0 Å². The maximum absolute atomic E-state index is 8.58. The Morgan fingerprint density at radius 2 is 0.250 bits per heavy atom. The van der Waals surface area contributed by atoms with E-state index in [2.05, 4.69) is 0 Å². The topological polar surface area (TPSA) is 442 Å². The van der Waals surface area contributed by atoms with Crippen LogP contribution in [0.4, 0.5) is 0 Å². The van der Waals surface area contributed by atoms with Gasteiger partial charge in [0.1, 0.15) is 0 Å². The third-order valence-corrected chi connectivity index (χ3v) is 0. The summed E-state index contributed by atoms with van der Waals surface area (Å²) in [6.07, 6.45) is 0. The van der Waals surface area contributed by atoms with Crippen molar-refractivity contribution in [2.75, 3.05) is 0 Å². The quantitative estimate of drug-likeness (QED) is 0.203. The van der Waals surface area contributed by atoms with Crippen LogP contribution in [0.3, 0.4) is 0 Å². The van der Waals surface area contributed by atoms with Gasteiger partial charge in [0.2, 0.25) is 0 Å². The summed E-state index contributed by atoms with van der Waals surface area (Å²) in [5.74, 6) is 0. The molecular formula is Nb2O21Pb2Ti7.